The molecule has 8 nitrogen and oxygen atoms in total. The molecule has 0 aliphatic rings. The molecule has 0 saturated carbocycles. The molecular formula is C80H72N8. The third kappa shape index (κ3) is 18.3. The molecule has 8 aromatic heterocycles. The van der Waals surface area contributed by atoms with Gasteiger partial charge in [-0.05, 0) is 173 Å². The lowest BCUT2D eigenvalue weighted by Gasteiger charge is -1.97. The summed E-state index contributed by atoms with van der Waals surface area (Å²) in [5.41, 5.74) is 13.9. The number of rotatable bonds is 0. The number of aromatic nitrogens is 8. The Morgan fingerprint density at radius 3 is 1.42 bits per heavy atom. The predicted molar refractivity (Wildman–Crippen MR) is 372 cm³/mol. The molecular weight excluding hydrogens is 1070 g/mol. The first-order chi connectivity index (χ1) is 42.9. The molecule has 432 valence electrons. The summed E-state index contributed by atoms with van der Waals surface area (Å²) in [5.74, 6) is 0. The number of hydrogen-bond donors (Lipinski definition) is 0. The monoisotopic (exact) mass is 1140 g/mol. The van der Waals surface area contributed by atoms with Crippen molar-refractivity contribution in [3.8, 4) is 0 Å². The maximum absolute atomic E-state index is 4.38. The molecule has 16 aromatic rings. The Bertz CT molecular complexity index is 4110. The van der Waals surface area contributed by atoms with Gasteiger partial charge in [-0.15, -0.1) is 0 Å². The molecule has 0 spiro atoms. The summed E-state index contributed by atoms with van der Waals surface area (Å²) in [4.78, 5) is 33.6. The van der Waals surface area contributed by atoms with E-state index in [0.29, 0.717) is 0 Å². The summed E-state index contributed by atoms with van der Waals surface area (Å²) < 4.78 is 0. The highest BCUT2D eigenvalue weighted by atomic mass is 14.7. The first kappa shape index (κ1) is 61.6. The van der Waals surface area contributed by atoms with Crippen LogP contribution < -0.4 is 0 Å². The van der Waals surface area contributed by atoms with E-state index in [1.165, 1.54) is 92.5 Å². The van der Waals surface area contributed by atoms with E-state index < -0.39 is 0 Å². The summed E-state index contributed by atoms with van der Waals surface area (Å²) in [7, 11) is 0. The van der Waals surface area contributed by atoms with Crippen LogP contribution in [0.25, 0.3) is 86.7 Å². The normalized spacial score (nSPS) is 10.3. The predicted octanol–water partition coefficient (Wildman–Crippen LogP) is 20.3. The van der Waals surface area contributed by atoms with Crippen LogP contribution >= 0.6 is 0 Å². The second-order valence-corrected chi connectivity index (χ2v) is 21.5. The lowest BCUT2D eigenvalue weighted by atomic mass is 10.1. The van der Waals surface area contributed by atoms with Crippen molar-refractivity contribution >= 4 is 86.7 Å². The van der Waals surface area contributed by atoms with Gasteiger partial charge in [0.1, 0.15) is 0 Å². The molecule has 0 amide bonds. The van der Waals surface area contributed by atoms with Crippen LogP contribution in [-0.2, 0) is 0 Å². The second-order valence-electron chi connectivity index (χ2n) is 21.5. The number of nitrogens with zero attached hydrogens (tertiary/aromatic N) is 8. The van der Waals surface area contributed by atoms with Gasteiger partial charge in [-0.3, -0.25) is 39.9 Å². The maximum Gasteiger partial charge on any atom is 0.0705 e. The van der Waals surface area contributed by atoms with Crippen molar-refractivity contribution in [2.24, 2.45) is 0 Å². The number of benzene rings is 8. The molecule has 0 aliphatic heterocycles. The third-order valence-corrected chi connectivity index (χ3v) is 14.2. The standard InChI is InChI=1S/8C10H9N/c1-8-2-3-10-7-11-5-4-9(10)6-8;1-8-2-3-9-4-5-11-7-10(9)6-8;1-8-4-5-10-9(7-8)3-2-6-11-10;1-8-4-5-9-3-2-6-11-10(9)7-8;1-8-6-9-4-2-3-5-10(9)7-11-8;1-8-6-9-4-2-3-5-10(9)11-7-8;1-8-10-5-3-2-4-9(10)6-7-11-8;1-8-6-7-9-4-2-3-5-10(9)11-8/h8*2-7H,1H3. The minimum Gasteiger partial charge on any atom is -0.264 e. The highest BCUT2D eigenvalue weighted by Crippen LogP contribution is 2.19. The zero-order valence-electron chi connectivity index (χ0n) is 51.3. The van der Waals surface area contributed by atoms with Gasteiger partial charge in [0.2, 0.25) is 0 Å². The maximum atomic E-state index is 4.38. The zero-order chi connectivity index (χ0) is 61.5. The van der Waals surface area contributed by atoms with E-state index in [4.69, 9.17) is 0 Å². The number of para-hydroxylation sites is 2. The molecule has 0 radical (unpaired) electrons. The largest absolute Gasteiger partial charge is 0.264 e. The van der Waals surface area contributed by atoms with Crippen molar-refractivity contribution in [3.63, 3.8) is 0 Å². The average Bonchev–Trinajstić information content (AvgIpc) is 3.77. The average molecular weight is 1150 g/mol. The quantitative estimate of drug-likeness (QED) is 0.148. The molecule has 0 bridgehead atoms. The molecule has 0 N–H and O–H groups in total. The van der Waals surface area contributed by atoms with Crippen LogP contribution in [-0.4, -0.2) is 39.9 Å². The second kappa shape index (κ2) is 31.3. The van der Waals surface area contributed by atoms with Crippen LogP contribution in [0.1, 0.15) is 44.9 Å². The fourth-order valence-corrected chi connectivity index (χ4v) is 9.59. The van der Waals surface area contributed by atoms with E-state index in [1.54, 1.807) is 0 Å². The minimum absolute atomic E-state index is 1.07. The first-order valence-electron chi connectivity index (χ1n) is 29.4. The van der Waals surface area contributed by atoms with E-state index in [9.17, 15) is 0 Å². The molecule has 8 aromatic carbocycles. The van der Waals surface area contributed by atoms with E-state index in [1.807, 2.05) is 180 Å². The van der Waals surface area contributed by atoms with Gasteiger partial charge in [-0.1, -0.05) is 168 Å². The van der Waals surface area contributed by atoms with Crippen molar-refractivity contribution in [2.75, 3.05) is 0 Å². The van der Waals surface area contributed by atoms with Gasteiger partial charge in [-0.25, -0.2) is 0 Å². The van der Waals surface area contributed by atoms with E-state index >= 15 is 0 Å². The molecule has 0 atom stereocenters. The Balaban J connectivity index is 0.000000120. The van der Waals surface area contributed by atoms with Crippen molar-refractivity contribution in [1.82, 2.24) is 39.9 Å². The number of fused-ring (bicyclic) bond motifs is 8. The fraction of sp³-hybridized carbons (Fsp3) is 0.100. The fourth-order valence-electron chi connectivity index (χ4n) is 9.59. The van der Waals surface area contributed by atoms with Crippen molar-refractivity contribution in [3.05, 3.63) is 337 Å². The van der Waals surface area contributed by atoms with Crippen molar-refractivity contribution in [2.45, 2.75) is 55.4 Å². The zero-order valence-corrected chi connectivity index (χ0v) is 51.3. The van der Waals surface area contributed by atoms with Crippen LogP contribution in [0.2, 0.25) is 0 Å². The smallest absolute Gasteiger partial charge is 0.0705 e. The van der Waals surface area contributed by atoms with Gasteiger partial charge in [0, 0.05) is 116 Å². The van der Waals surface area contributed by atoms with Crippen molar-refractivity contribution in [1.29, 1.82) is 0 Å². The number of aryl methyl sites for hydroxylation is 8. The third-order valence-electron chi connectivity index (χ3n) is 14.2. The molecule has 0 aliphatic carbocycles. The van der Waals surface area contributed by atoms with Gasteiger partial charge in [0.15, 0.2) is 0 Å². The van der Waals surface area contributed by atoms with Gasteiger partial charge in [0.05, 0.1) is 22.1 Å². The van der Waals surface area contributed by atoms with Gasteiger partial charge < -0.3 is 0 Å². The lowest BCUT2D eigenvalue weighted by Crippen LogP contribution is -1.80. The summed E-state index contributed by atoms with van der Waals surface area (Å²) in [6.07, 6.45) is 16.7. The summed E-state index contributed by atoms with van der Waals surface area (Å²) in [6, 6.07) is 80.6. The van der Waals surface area contributed by atoms with Crippen LogP contribution in [0.4, 0.5) is 0 Å². The van der Waals surface area contributed by atoms with Crippen molar-refractivity contribution < 1.29 is 0 Å². The van der Waals surface area contributed by atoms with Crippen LogP contribution in [0.3, 0.4) is 0 Å². The highest BCUT2D eigenvalue weighted by molar-refractivity contribution is 5.86. The molecule has 0 unspecified atom stereocenters. The van der Waals surface area contributed by atoms with Gasteiger partial charge in [0.25, 0.3) is 0 Å². The Labute approximate surface area is 516 Å². The summed E-state index contributed by atoms with van der Waals surface area (Å²) in [5, 5.41) is 14.8. The molecule has 0 saturated heterocycles. The molecule has 16 rings (SSSR count). The lowest BCUT2D eigenvalue weighted by molar-refractivity contribution is 1.22. The molecule has 8 heteroatoms. The van der Waals surface area contributed by atoms with Crippen LogP contribution in [0, 0.1) is 55.4 Å². The van der Waals surface area contributed by atoms with E-state index in [2.05, 4.69) is 208 Å². The Morgan fingerprint density at radius 2 is 0.682 bits per heavy atom. The summed E-state index contributed by atoms with van der Waals surface area (Å²) >= 11 is 0. The molecule has 88 heavy (non-hydrogen) atoms. The van der Waals surface area contributed by atoms with E-state index in [0.717, 1.165) is 39.1 Å². The first-order valence-corrected chi connectivity index (χ1v) is 29.4. The molecule has 0 fully saturated rings. The van der Waals surface area contributed by atoms with Gasteiger partial charge in [-0.2, -0.15) is 0 Å². The van der Waals surface area contributed by atoms with Gasteiger partial charge >= 0.3 is 0 Å². The van der Waals surface area contributed by atoms with Crippen LogP contribution in [0.5, 0.6) is 0 Å². The minimum atomic E-state index is 1.07. The molecule has 8 heterocycles. The topological polar surface area (TPSA) is 103 Å². The number of hydrogen-bond acceptors (Lipinski definition) is 8. The SMILES string of the molecule is Cc1cc2ccccc2cn1.Cc1ccc2ccccc2n1.Cc1ccc2cccnc2c1.Cc1ccc2ccncc2c1.Cc1ccc2cnccc2c1.Cc1ccc2ncccc2c1.Cc1cnc2ccccc2c1.Cc1nccc2ccccc12. The highest BCUT2D eigenvalue weighted by Gasteiger charge is 1.98. The van der Waals surface area contributed by atoms with Crippen LogP contribution in [0.15, 0.2) is 292 Å². The van der Waals surface area contributed by atoms with E-state index in [-0.39, 0.29) is 0 Å². The summed E-state index contributed by atoms with van der Waals surface area (Å²) in [6.45, 7) is 16.5. The Morgan fingerprint density at radius 1 is 0.216 bits per heavy atom. The Kier molecular flexibility index (Phi) is 21.9. The number of pyridine rings is 8. The Hall–Kier alpha value is -11.0.